The summed E-state index contributed by atoms with van der Waals surface area (Å²) in [5.41, 5.74) is 9.39. The van der Waals surface area contributed by atoms with E-state index in [4.69, 9.17) is 5.73 Å². The normalized spacial score (nSPS) is 17.1. The smallest absolute Gasteiger partial charge is 0.251 e. The average Bonchev–Trinajstić information content (AvgIpc) is 3.26. The fraction of sp³-hybridized carbons (Fsp3) is 0.240. The van der Waals surface area contributed by atoms with Crippen LogP contribution in [0.1, 0.15) is 16.8 Å². The molecule has 0 aromatic heterocycles. The van der Waals surface area contributed by atoms with Crippen LogP contribution < -0.4 is 16.4 Å². The fourth-order valence-electron chi connectivity index (χ4n) is 3.93. The van der Waals surface area contributed by atoms with Crippen LogP contribution in [0, 0.1) is 17.6 Å². The first kappa shape index (κ1) is 26.7. The molecule has 1 fully saturated rings. The lowest BCUT2D eigenvalue weighted by Gasteiger charge is -2.14. The highest BCUT2D eigenvalue weighted by molar-refractivity contribution is 5.97. The monoisotopic (exact) mass is 493 g/mol. The molecule has 0 aliphatic carbocycles. The van der Waals surface area contributed by atoms with Crippen molar-refractivity contribution in [3.8, 4) is 22.3 Å². The van der Waals surface area contributed by atoms with Crippen LogP contribution in [0.4, 0.5) is 8.78 Å². The zero-order chi connectivity index (χ0) is 21.8. The van der Waals surface area contributed by atoms with E-state index in [9.17, 15) is 13.6 Å². The van der Waals surface area contributed by atoms with Gasteiger partial charge in [-0.1, -0.05) is 24.3 Å². The average molecular weight is 494 g/mol. The molecule has 0 bridgehead atoms. The molecule has 3 aromatic carbocycles. The SMILES string of the molecule is Cl.Cl.NC[C@H]1CN[C@H](CNC(=O)c2cc(-c3ccc(F)cc3)cc(-c3ccc(F)cc3)c2)C1. The molecule has 1 saturated heterocycles. The summed E-state index contributed by atoms with van der Waals surface area (Å²) >= 11 is 0. The van der Waals surface area contributed by atoms with E-state index in [1.54, 1.807) is 36.4 Å². The molecule has 1 aliphatic heterocycles. The van der Waals surface area contributed by atoms with Gasteiger partial charge in [0.15, 0.2) is 0 Å². The number of carbonyl (C=O) groups is 1. The van der Waals surface area contributed by atoms with Gasteiger partial charge >= 0.3 is 0 Å². The minimum atomic E-state index is -0.323. The maximum absolute atomic E-state index is 13.4. The third kappa shape index (κ3) is 6.74. The first-order valence-electron chi connectivity index (χ1n) is 10.4. The van der Waals surface area contributed by atoms with Gasteiger partial charge in [-0.3, -0.25) is 4.79 Å². The molecule has 4 N–H and O–H groups in total. The topological polar surface area (TPSA) is 67.2 Å². The maximum Gasteiger partial charge on any atom is 0.251 e. The number of nitrogens with one attached hydrogen (secondary N) is 2. The Kier molecular flexibility index (Phi) is 9.80. The highest BCUT2D eigenvalue weighted by atomic mass is 35.5. The van der Waals surface area contributed by atoms with Crippen LogP contribution in [0.3, 0.4) is 0 Å². The second-order valence-corrected chi connectivity index (χ2v) is 7.97. The lowest BCUT2D eigenvalue weighted by molar-refractivity contribution is 0.0950. The van der Waals surface area contributed by atoms with Gasteiger partial charge in [0.2, 0.25) is 0 Å². The van der Waals surface area contributed by atoms with E-state index < -0.39 is 0 Å². The van der Waals surface area contributed by atoms with Crippen LogP contribution in [-0.4, -0.2) is 31.6 Å². The molecule has 0 unspecified atom stereocenters. The molecule has 0 saturated carbocycles. The van der Waals surface area contributed by atoms with Gasteiger partial charge in [-0.25, -0.2) is 8.78 Å². The Balaban J connectivity index is 0.00000193. The van der Waals surface area contributed by atoms with E-state index in [-0.39, 0.29) is 48.4 Å². The molecule has 3 aromatic rings. The van der Waals surface area contributed by atoms with Crippen molar-refractivity contribution in [3.05, 3.63) is 83.9 Å². The van der Waals surface area contributed by atoms with Crippen molar-refractivity contribution in [2.24, 2.45) is 11.7 Å². The standard InChI is InChI=1S/C25H25F2N3O.2ClH/c26-22-5-1-17(2-6-22)19-10-20(18-3-7-23(27)8-4-18)12-21(11-19)25(31)30-15-24-9-16(13-28)14-29-24;;/h1-8,10-12,16,24,29H,9,13-15,28H2,(H,30,31);2*1H/t16-,24-;;/m0../s1. The van der Waals surface area contributed by atoms with Gasteiger partial charge in [-0.2, -0.15) is 0 Å². The number of amides is 1. The van der Waals surface area contributed by atoms with E-state index in [0.717, 1.165) is 35.2 Å². The molecule has 0 spiro atoms. The van der Waals surface area contributed by atoms with Crippen LogP contribution in [0.25, 0.3) is 22.3 Å². The fourth-order valence-corrected chi connectivity index (χ4v) is 3.93. The van der Waals surface area contributed by atoms with E-state index in [0.29, 0.717) is 24.6 Å². The third-order valence-corrected chi connectivity index (χ3v) is 5.71. The molecule has 2 atom stereocenters. The number of hydrogen-bond acceptors (Lipinski definition) is 3. The van der Waals surface area contributed by atoms with Crippen molar-refractivity contribution >= 4 is 30.7 Å². The number of benzene rings is 3. The first-order valence-corrected chi connectivity index (χ1v) is 10.4. The molecule has 1 heterocycles. The van der Waals surface area contributed by atoms with Gasteiger partial charge in [0.1, 0.15) is 11.6 Å². The highest BCUT2D eigenvalue weighted by Crippen LogP contribution is 2.29. The van der Waals surface area contributed by atoms with Crippen molar-refractivity contribution in [3.63, 3.8) is 0 Å². The molecule has 1 amide bonds. The van der Waals surface area contributed by atoms with E-state index in [2.05, 4.69) is 10.6 Å². The van der Waals surface area contributed by atoms with Crippen LogP contribution in [-0.2, 0) is 0 Å². The van der Waals surface area contributed by atoms with Crippen molar-refractivity contribution in [2.75, 3.05) is 19.6 Å². The second kappa shape index (κ2) is 12.1. The predicted molar refractivity (Wildman–Crippen MR) is 133 cm³/mol. The number of carbonyl (C=O) groups excluding carboxylic acids is 1. The summed E-state index contributed by atoms with van der Waals surface area (Å²) in [6.07, 6.45) is 0.938. The number of hydrogen-bond donors (Lipinski definition) is 3. The van der Waals surface area contributed by atoms with Gasteiger partial charge in [0, 0.05) is 18.2 Å². The number of nitrogens with two attached hydrogens (primary N) is 1. The van der Waals surface area contributed by atoms with E-state index in [1.807, 2.05) is 6.07 Å². The number of rotatable bonds is 6. The van der Waals surface area contributed by atoms with Crippen molar-refractivity contribution in [1.82, 2.24) is 10.6 Å². The van der Waals surface area contributed by atoms with E-state index in [1.165, 1.54) is 24.3 Å². The number of halogens is 4. The predicted octanol–water partition coefficient (Wildman–Crippen LogP) is 4.81. The Bertz CT molecular complexity index is 999. The van der Waals surface area contributed by atoms with Gasteiger partial charge in [-0.15, -0.1) is 24.8 Å². The Hall–Kier alpha value is -2.51. The summed E-state index contributed by atoms with van der Waals surface area (Å²) < 4.78 is 26.8. The Morgan fingerprint density at radius 1 is 0.879 bits per heavy atom. The Morgan fingerprint density at radius 2 is 1.39 bits per heavy atom. The molecular weight excluding hydrogens is 467 g/mol. The molecule has 4 nitrogen and oxygen atoms in total. The van der Waals surface area contributed by atoms with Gasteiger partial charge in [-0.05, 0) is 90.1 Å². The van der Waals surface area contributed by atoms with Gasteiger partial charge < -0.3 is 16.4 Å². The van der Waals surface area contributed by atoms with Crippen LogP contribution in [0.15, 0.2) is 66.7 Å². The highest BCUT2D eigenvalue weighted by Gasteiger charge is 2.23. The summed E-state index contributed by atoms with van der Waals surface area (Å²) in [4.78, 5) is 12.9. The molecule has 4 rings (SSSR count). The Morgan fingerprint density at radius 3 is 1.85 bits per heavy atom. The minimum absolute atomic E-state index is 0. The zero-order valence-corrected chi connectivity index (χ0v) is 19.5. The van der Waals surface area contributed by atoms with Crippen molar-refractivity contribution in [1.29, 1.82) is 0 Å². The lowest BCUT2D eigenvalue weighted by atomic mass is 9.95. The van der Waals surface area contributed by atoms with Crippen LogP contribution in [0.5, 0.6) is 0 Å². The maximum atomic E-state index is 13.4. The summed E-state index contributed by atoms with van der Waals surface area (Å²) in [5.74, 6) is -0.397. The molecule has 1 aliphatic rings. The van der Waals surface area contributed by atoms with Gasteiger partial charge in [0.05, 0.1) is 0 Å². The quantitative estimate of drug-likeness (QED) is 0.461. The molecule has 176 valence electrons. The largest absolute Gasteiger partial charge is 0.350 e. The third-order valence-electron chi connectivity index (χ3n) is 5.71. The summed E-state index contributed by atoms with van der Waals surface area (Å²) in [6, 6.07) is 18.0. The molecule has 8 heteroatoms. The van der Waals surface area contributed by atoms with Crippen LogP contribution in [0.2, 0.25) is 0 Å². The van der Waals surface area contributed by atoms with Gasteiger partial charge in [0.25, 0.3) is 5.91 Å². The van der Waals surface area contributed by atoms with Crippen molar-refractivity contribution in [2.45, 2.75) is 12.5 Å². The molecule has 33 heavy (non-hydrogen) atoms. The summed E-state index contributed by atoms with van der Waals surface area (Å²) in [5, 5.41) is 6.38. The molecule has 0 radical (unpaired) electrons. The summed E-state index contributed by atoms with van der Waals surface area (Å²) in [7, 11) is 0. The Labute approximate surface area is 204 Å². The van der Waals surface area contributed by atoms with Crippen LogP contribution >= 0.6 is 24.8 Å². The minimum Gasteiger partial charge on any atom is -0.350 e. The van der Waals surface area contributed by atoms with Crippen molar-refractivity contribution < 1.29 is 13.6 Å². The van der Waals surface area contributed by atoms with E-state index >= 15 is 0 Å². The lowest BCUT2D eigenvalue weighted by Crippen LogP contribution is -2.37. The second-order valence-electron chi connectivity index (χ2n) is 7.97. The summed E-state index contributed by atoms with van der Waals surface area (Å²) in [6.45, 7) is 2.02. The first-order chi connectivity index (χ1) is 15.0. The molecular formula is C25H27Cl2F2N3O. The zero-order valence-electron chi connectivity index (χ0n) is 17.9.